The van der Waals surface area contributed by atoms with Crippen LogP contribution in [0.25, 0.3) is 0 Å². The first-order valence-electron chi connectivity index (χ1n) is 4.00. The van der Waals surface area contributed by atoms with E-state index in [4.69, 9.17) is 9.99 Å². The third-order valence-corrected chi connectivity index (χ3v) is 1.28. The van der Waals surface area contributed by atoms with Crippen molar-refractivity contribution in [3.05, 3.63) is 0 Å². The molecule has 0 spiro atoms. The van der Waals surface area contributed by atoms with Crippen molar-refractivity contribution in [3.63, 3.8) is 0 Å². The summed E-state index contributed by atoms with van der Waals surface area (Å²) in [5, 5.41) is 8.35. The lowest BCUT2D eigenvalue weighted by atomic mass is 10.2. The molecule has 0 heterocycles. The summed E-state index contributed by atoms with van der Waals surface area (Å²) >= 11 is 0. The summed E-state index contributed by atoms with van der Waals surface area (Å²) in [5.74, 6) is -0.261. The SMILES string of the molecule is CCCC(=O)OCC(C)(C)OO. The number of carbonyl (C=O) groups is 1. The summed E-state index contributed by atoms with van der Waals surface area (Å²) in [6.45, 7) is 5.23. The molecule has 0 radical (unpaired) electrons. The van der Waals surface area contributed by atoms with E-state index < -0.39 is 5.60 Å². The Morgan fingerprint density at radius 2 is 2.08 bits per heavy atom. The van der Waals surface area contributed by atoms with Crippen molar-refractivity contribution < 1.29 is 19.7 Å². The smallest absolute Gasteiger partial charge is 0.305 e. The molecule has 0 aliphatic rings. The molecule has 0 aliphatic carbocycles. The van der Waals surface area contributed by atoms with E-state index in [2.05, 4.69) is 4.89 Å². The van der Waals surface area contributed by atoms with Crippen LogP contribution >= 0.6 is 0 Å². The molecule has 0 saturated heterocycles. The maximum atomic E-state index is 10.8. The number of hydrogen-bond acceptors (Lipinski definition) is 4. The number of esters is 1. The summed E-state index contributed by atoms with van der Waals surface area (Å²) in [4.78, 5) is 14.9. The standard InChI is InChI=1S/C8H16O4/c1-4-5-7(9)11-6-8(2,3)12-10/h10H,4-6H2,1-3H3. The van der Waals surface area contributed by atoms with Crippen molar-refractivity contribution in [2.45, 2.75) is 39.2 Å². The van der Waals surface area contributed by atoms with Gasteiger partial charge in [0, 0.05) is 6.42 Å². The molecule has 1 N–H and O–H groups in total. The zero-order valence-corrected chi connectivity index (χ0v) is 7.79. The fourth-order valence-electron chi connectivity index (χ4n) is 0.557. The summed E-state index contributed by atoms with van der Waals surface area (Å²) in [6, 6.07) is 0. The van der Waals surface area contributed by atoms with Crippen LogP contribution in [-0.4, -0.2) is 23.4 Å². The van der Waals surface area contributed by atoms with E-state index in [0.29, 0.717) is 6.42 Å². The molecule has 0 saturated carbocycles. The van der Waals surface area contributed by atoms with E-state index in [1.165, 1.54) is 0 Å². The van der Waals surface area contributed by atoms with E-state index in [0.717, 1.165) is 6.42 Å². The second-order valence-electron chi connectivity index (χ2n) is 3.26. The highest BCUT2D eigenvalue weighted by molar-refractivity contribution is 5.69. The molecule has 0 bridgehead atoms. The van der Waals surface area contributed by atoms with Gasteiger partial charge in [-0.05, 0) is 20.3 Å². The molecular formula is C8H16O4. The van der Waals surface area contributed by atoms with Gasteiger partial charge in [0.1, 0.15) is 12.2 Å². The van der Waals surface area contributed by atoms with Gasteiger partial charge >= 0.3 is 5.97 Å². The lowest BCUT2D eigenvalue weighted by Crippen LogP contribution is -2.30. The monoisotopic (exact) mass is 176 g/mol. The van der Waals surface area contributed by atoms with E-state index >= 15 is 0 Å². The molecule has 12 heavy (non-hydrogen) atoms. The van der Waals surface area contributed by atoms with Crippen molar-refractivity contribution in [3.8, 4) is 0 Å². The second kappa shape index (κ2) is 5.11. The van der Waals surface area contributed by atoms with E-state index in [-0.39, 0.29) is 12.6 Å². The van der Waals surface area contributed by atoms with Gasteiger partial charge in [0.2, 0.25) is 0 Å². The minimum Gasteiger partial charge on any atom is -0.462 e. The van der Waals surface area contributed by atoms with Gasteiger partial charge in [-0.1, -0.05) is 6.92 Å². The Balaban J connectivity index is 3.60. The first-order valence-corrected chi connectivity index (χ1v) is 4.00. The molecule has 0 aromatic rings. The van der Waals surface area contributed by atoms with Gasteiger partial charge in [-0.15, -0.1) is 0 Å². The zero-order chi connectivity index (χ0) is 9.61. The van der Waals surface area contributed by atoms with Gasteiger partial charge in [0.15, 0.2) is 0 Å². The zero-order valence-electron chi connectivity index (χ0n) is 7.79. The molecule has 0 rings (SSSR count). The maximum Gasteiger partial charge on any atom is 0.305 e. The van der Waals surface area contributed by atoms with Crippen LogP contribution in [0.5, 0.6) is 0 Å². The second-order valence-corrected chi connectivity index (χ2v) is 3.26. The van der Waals surface area contributed by atoms with Crippen molar-refractivity contribution in [1.82, 2.24) is 0 Å². The fourth-order valence-corrected chi connectivity index (χ4v) is 0.557. The van der Waals surface area contributed by atoms with Crippen LogP contribution in [-0.2, 0) is 14.4 Å². The Kier molecular flexibility index (Phi) is 4.85. The van der Waals surface area contributed by atoms with Gasteiger partial charge in [0.05, 0.1) is 0 Å². The van der Waals surface area contributed by atoms with E-state index in [1.54, 1.807) is 13.8 Å². The van der Waals surface area contributed by atoms with Crippen molar-refractivity contribution in [2.24, 2.45) is 0 Å². The molecule has 0 atom stereocenters. The van der Waals surface area contributed by atoms with E-state index in [9.17, 15) is 4.79 Å². The van der Waals surface area contributed by atoms with E-state index in [1.807, 2.05) is 6.92 Å². The molecule has 0 unspecified atom stereocenters. The predicted molar refractivity (Wildman–Crippen MR) is 43.7 cm³/mol. The third kappa shape index (κ3) is 5.09. The first-order chi connectivity index (χ1) is 5.52. The van der Waals surface area contributed by atoms with Crippen molar-refractivity contribution >= 4 is 5.97 Å². The largest absolute Gasteiger partial charge is 0.462 e. The molecule has 4 nitrogen and oxygen atoms in total. The molecule has 0 aliphatic heterocycles. The van der Waals surface area contributed by atoms with Gasteiger partial charge < -0.3 is 4.74 Å². The average molecular weight is 176 g/mol. The normalized spacial score (nSPS) is 11.3. The summed E-state index contributed by atoms with van der Waals surface area (Å²) in [6.07, 6.45) is 1.17. The van der Waals surface area contributed by atoms with Crippen molar-refractivity contribution in [2.75, 3.05) is 6.61 Å². The average Bonchev–Trinajstić information content (AvgIpc) is 2.02. The number of ether oxygens (including phenoxy) is 1. The quantitative estimate of drug-likeness (QED) is 0.392. The van der Waals surface area contributed by atoms with Crippen LogP contribution in [0.15, 0.2) is 0 Å². The Morgan fingerprint density at radius 3 is 2.50 bits per heavy atom. The highest BCUT2D eigenvalue weighted by Gasteiger charge is 2.20. The highest BCUT2D eigenvalue weighted by atomic mass is 17.1. The third-order valence-electron chi connectivity index (χ3n) is 1.28. The highest BCUT2D eigenvalue weighted by Crippen LogP contribution is 2.07. The maximum absolute atomic E-state index is 10.8. The molecule has 72 valence electrons. The topological polar surface area (TPSA) is 55.8 Å². The van der Waals surface area contributed by atoms with Gasteiger partial charge in [-0.2, -0.15) is 0 Å². The Labute approximate surface area is 72.4 Å². The lowest BCUT2D eigenvalue weighted by molar-refractivity contribution is -0.320. The van der Waals surface area contributed by atoms with Crippen LogP contribution < -0.4 is 0 Å². The minimum absolute atomic E-state index is 0.0718. The van der Waals surface area contributed by atoms with Crippen LogP contribution in [0.3, 0.4) is 0 Å². The molecular weight excluding hydrogens is 160 g/mol. The van der Waals surface area contributed by atoms with Crippen LogP contribution in [0.4, 0.5) is 0 Å². The summed E-state index contributed by atoms with van der Waals surface area (Å²) in [7, 11) is 0. The van der Waals surface area contributed by atoms with Crippen LogP contribution in [0, 0.1) is 0 Å². The predicted octanol–water partition coefficient (Wildman–Crippen LogP) is 1.60. The Bertz CT molecular complexity index is 142. The van der Waals surface area contributed by atoms with Crippen LogP contribution in [0.2, 0.25) is 0 Å². The Hall–Kier alpha value is -0.610. The van der Waals surface area contributed by atoms with Gasteiger partial charge in [-0.25, -0.2) is 4.89 Å². The molecule has 0 amide bonds. The minimum atomic E-state index is -0.816. The number of hydrogen-bond donors (Lipinski definition) is 1. The summed E-state index contributed by atoms with van der Waals surface area (Å²) < 4.78 is 4.81. The molecule has 0 aromatic heterocycles. The molecule has 4 heteroatoms. The van der Waals surface area contributed by atoms with Gasteiger partial charge in [0.25, 0.3) is 0 Å². The lowest BCUT2D eigenvalue weighted by Gasteiger charge is -2.19. The van der Waals surface area contributed by atoms with Crippen molar-refractivity contribution in [1.29, 1.82) is 0 Å². The number of rotatable bonds is 5. The molecule has 0 fully saturated rings. The summed E-state index contributed by atoms with van der Waals surface area (Å²) in [5.41, 5.74) is -0.816. The fraction of sp³-hybridized carbons (Fsp3) is 0.875. The Morgan fingerprint density at radius 1 is 1.50 bits per heavy atom. The van der Waals surface area contributed by atoms with Gasteiger partial charge in [-0.3, -0.25) is 10.1 Å². The molecule has 0 aromatic carbocycles. The first kappa shape index (κ1) is 11.4. The number of carbonyl (C=O) groups excluding carboxylic acids is 1. The van der Waals surface area contributed by atoms with Crippen LogP contribution in [0.1, 0.15) is 33.6 Å².